The number of nitrogens with one attached hydrogen (secondary N) is 1. The van der Waals surface area contributed by atoms with Crippen molar-refractivity contribution in [3.8, 4) is 22.3 Å². The molecular formula is C24H18ClN. The van der Waals surface area contributed by atoms with E-state index in [9.17, 15) is 0 Å². The molecule has 0 spiro atoms. The maximum absolute atomic E-state index is 5.95. The Morgan fingerprint density at radius 1 is 0.423 bits per heavy atom. The summed E-state index contributed by atoms with van der Waals surface area (Å²) in [4.78, 5) is 0. The monoisotopic (exact) mass is 355 g/mol. The average molecular weight is 356 g/mol. The van der Waals surface area contributed by atoms with Gasteiger partial charge in [0.25, 0.3) is 0 Å². The van der Waals surface area contributed by atoms with Gasteiger partial charge in [-0.1, -0.05) is 78.3 Å². The van der Waals surface area contributed by atoms with Crippen LogP contribution >= 0.6 is 11.6 Å². The van der Waals surface area contributed by atoms with Crippen molar-refractivity contribution in [2.24, 2.45) is 0 Å². The molecular weight excluding hydrogens is 338 g/mol. The quantitative estimate of drug-likeness (QED) is 0.401. The van der Waals surface area contributed by atoms with E-state index in [-0.39, 0.29) is 0 Å². The normalized spacial score (nSPS) is 10.5. The van der Waals surface area contributed by atoms with Crippen LogP contribution in [0, 0.1) is 0 Å². The second-order valence-electron chi connectivity index (χ2n) is 6.15. The maximum atomic E-state index is 5.95. The van der Waals surface area contributed by atoms with Crippen LogP contribution in [0.5, 0.6) is 0 Å². The van der Waals surface area contributed by atoms with E-state index < -0.39 is 0 Å². The molecule has 0 atom stereocenters. The Morgan fingerprint density at radius 3 is 1.27 bits per heavy atom. The van der Waals surface area contributed by atoms with Gasteiger partial charge in [-0.15, -0.1) is 0 Å². The van der Waals surface area contributed by atoms with Crippen LogP contribution in [0.15, 0.2) is 103 Å². The third kappa shape index (κ3) is 3.79. The largest absolute Gasteiger partial charge is 0.356 e. The van der Waals surface area contributed by atoms with Crippen molar-refractivity contribution >= 4 is 23.0 Å². The van der Waals surface area contributed by atoms with E-state index in [1.165, 1.54) is 16.7 Å². The molecule has 0 aliphatic carbocycles. The van der Waals surface area contributed by atoms with Crippen LogP contribution in [-0.2, 0) is 0 Å². The molecule has 4 aromatic carbocycles. The number of hydrogen-bond donors (Lipinski definition) is 1. The SMILES string of the molecule is Clc1ccc(-c2ccc(Nc3ccc(-c4ccccc4)cc3)cc2)cc1. The third-order valence-corrected chi connectivity index (χ3v) is 4.60. The lowest BCUT2D eigenvalue weighted by molar-refractivity contribution is 1.53. The van der Waals surface area contributed by atoms with Gasteiger partial charge in [0.1, 0.15) is 0 Å². The number of rotatable bonds is 4. The molecule has 0 unspecified atom stereocenters. The van der Waals surface area contributed by atoms with Gasteiger partial charge in [0.2, 0.25) is 0 Å². The lowest BCUT2D eigenvalue weighted by Gasteiger charge is -2.09. The molecule has 0 fully saturated rings. The first-order valence-electron chi connectivity index (χ1n) is 8.56. The molecule has 4 aromatic rings. The van der Waals surface area contributed by atoms with Gasteiger partial charge >= 0.3 is 0 Å². The van der Waals surface area contributed by atoms with Gasteiger partial charge in [0, 0.05) is 16.4 Å². The van der Waals surface area contributed by atoms with Crippen molar-refractivity contribution in [1.29, 1.82) is 0 Å². The van der Waals surface area contributed by atoms with E-state index in [0.29, 0.717) is 0 Å². The molecule has 0 radical (unpaired) electrons. The zero-order valence-corrected chi connectivity index (χ0v) is 14.9. The minimum atomic E-state index is 0.756. The first-order valence-corrected chi connectivity index (χ1v) is 8.94. The van der Waals surface area contributed by atoms with Crippen molar-refractivity contribution in [3.05, 3.63) is 108 Å². The average Bonchev–Trinajstić information content (AvgIpc) is 2.71. The minimum Gasteiger partial charge on any atom is -0.356 e. The summed E-state index contributed by atoms with van der Waals surface area (Å²) in [5.74, 6) is 0. The predicted octanol–water partition coefficient (Wildman–Crippen LogP) is 7.42. The smallest absolute Gasteiger partial charge is 0.0406 e. The fourth-order valence-corrected chi connectivity index (χ4v) is 3.06. The van der Waals surface area contributed by atoms with Crippen LogP contribution in [0.4, 0.5) is 11.4 Å². The Morgan fingerprint density at radius 2 is 0.808 bits per heavy atom. The highest BCUT2D eigenvalue weighted by molar-refractivity contribution is 6.30. The van der Waals surface area contributed by atoms with E-state index in [4.69, 9.17) is 11.6 Å². The van der Waals surface area contributed by atoms with Crippen molar-refractivity contribution in [2.75, 3.05) is 5.32 Å². The second kappa shape index (κ2) is 7.47. The van der Waals surface area contributed by atoms with E-state index in [1.807, 2.05) is 30.3 Å². The molecule has 0 bridgehead atoms. The van der Waals surface area contributed by atoms with Crippen LogP contribution in [0.1, 0.15) is 0 Å². The van der Waals surface area contributed by atoms with Gasteiger partial charge in [0.15, 0.2) is 0 Å². The molecule has 126 valence electrons. The van der Waals surface area contributed by atoms with Crippen LogP contribution in [0.25, 0.3) is 22.3 Å². The first-order chi connectivity index (χ1) is 12.8. The lowest BCUT2D eigenvalue weighted by Crippen LogP contribution is -1.90. The summed E-state index contributed by atoms with van der Waals surface area (Å²) in [5.41, 5.74) is 6.92. The molecule has 0 amide bonds. The van der Waals surface area contributed by atoms with E-state index >= 15 is 0 Å². The summed E-state index contributed by atoms with van der Waals surface area (Å²) >= 11 is 5.95. The van der Waals surface area contributed by atoms with Gasteiger partial charge < -0.3 is 5.32 Å². The summed E-state index contributed by atoms with van der Waals surface area (Å²) in [7, 11) is 0. The Kier molecular flexibility index (Phi) is 4.72. The third-order valence-electron chi connectivity index (χ3n) is 4.34. The molecule has 0 saturated heterocycles. The maximum Gasteiger partial charge on any atom is 0.0406 e. The van der Waals surface area contributed by atoms with Gasteiger partial charge in [-0.25, -0.2) is 0 Å². The highest BCUT2D eigenvalue weighted by Crippen LogP contribution is 2.26. The van der Waals surface area contributed by atoms with Crippen molar-refractivity contribution < 1.29 is 0 Å². The van der Waals surface area contributed by atoms with Gasteiger partial charge in [-0.2, -0.15) is 0 Å². The molecule has 0 aliphatic heterocycles. The second-order valence-corrected chi connectivity index (χ2v) is 6.59. The number of halogens is 1. The summed E-state index contributed by atoms with van der Waals surface area (Å²) in [5, 5.41) is 4.20. The lowest BCUT2D eigenvalue weighted by atomic mass is 10.0. The Hall–Kier alpha value is -3.03. The number of hydrogen-bond acceptors (Lipinski definition) is 1. The summed E-state index contributed by atoms with van der Waals surface area (Å²) in [6.07, 6.45) is 0. The van der Waals surface area contributed by atoms with Gasteiger partial charge in [-0.05, 0) is 58.7 Å². The van der Waals surface area contributed by atoms with Crippen LogP contribution < -0.4 is 5.32 Å². The summed E-state index contributed by atoms with van der Waals surface area (Å²) in [6.45, 7) is 0. The summed E-state index contributed by atoms with van der Waals surface area (Å²) in [6, 6.07) is 35.2. The topological polar surface area (TPSA) is 12.0 Å². The molecule has 26 heavy (non-hydrogen) atoms. The van der Waals surface area contributed by atoms with E-state index in [1.54, 1.807) is 0 Å². The fourth-order valence-electron chi connectivity index (χ4n) is 2.93. The van der Waals surface area contributed by atoms with Crippen molar-refractivity contribution in [1.82, 2.24) is 0 Å². The summed E-state index contributed by atoms with van der Waals surface area (Å²) < 4.78 is 0. The van der Waals surface area contributed by atoms with Crippen molar-refractivity contribution in [2.45, 2.75) is 0 Å². The zero-order valence-electron chi connectivity index (χ0n) is 14.2. The number of anilines is 2. The molecule has 0 heterocycles. The molecule has 1 N–H and O–H groups in total. The van der Waals surface area contributed by atoms with Crippen LogP contribution in [0.3, 0.4) is 0 Å². The zero-order chi connectivity index (χ0) is 17.8. The molecule has 2 heteroatoms. The molecule has 1 nitrogen and oxygen atoms in total. The highest BCUT2D eigenvalue weighted by Gasteiger charge is 2.00. The minimum absolute atomic E-state index is 0.756. The van der Waals surface area contributed by atoms with E-state index in [0.717, 1.165) is 22.0 Å². The van der Waals surface area contributed by atoms with Crippen LogP contribution in [-0.4, -0.2) is 0 Å². The number of benzene rings is 4. The van der Waals surface area contributed by atoms with Crippen LogP contribution in [0.2, 0.25) is 5.02 Å². The standard InChI is InChI=1S/C24H18ClN/c25-22-12-6-19(7-13-22)21-10-16-24(17-11-21)26-23-14-8-20(9-15-23)18-4-2-1-3-5-18/h1-17,26H. The Balaban J connectivity index is 1.48. The highest BCUT2D eigenvalue weighted by atomic mass is 35.5. The Bertz CT molecular complexity index is 973. The van der Waals surface area contributed by atoms with Crippen molar-refractivity contribution in [3.63, 3.8) is 0 Å². The first kappa shape index (κ1) is 16.4. The fraction of sp³-hybridized carbons (Fsp3) is 0. The Labute approximate surface area is 158 Å². The molecule has 0 saturated carbocycles. The van der Waals surface area contributed by atoms with Gasteiger partial charge in [-0.3, -0.25) is 0 Å². The predicted molar refractivity (Wildman–Crippen MR) is 112 cm³/mol. The molecule has 0 aromatic heterocycles. The van der Waals surface area contributed by atoms with Gasteiger partial charge in [0.05, 0.1) is 0 Å². The molecule has 0 aliphatic rings. The van der Waals surface area contributed by atoms with E-state index in [2.05, 4.69) is 78.1 Å². The molecule has 4 rings (SSSR count).